The molecular formula is C25H28ClN3O4. The summed E-state index contributed by atoms with van der Waals surface area (Å²) in [6.45, 7) is 6.86. The topological polar surface area (TPSA) is 70.1 Å². The Morgan fingerprint density at radius 1 is 1.06 bits per heavy atom. The van der Waals surface area contributed by atoms with E-state index in [0.29, 0.717) is 54.0 Å². The van der Waals surface area contributed by atoms with Crippen molar-refractivity contribution in [2.24, 2.45) is 0 Å². The molecule has 0 radical (unpaired) electrons. The predicted octanol–water partition coefficient (Wildman–Crippen LogP) is 4.52. The van der Waals surface area contributed by atoms with Gasteiger partial charge in [-0.2, -0.15) is 0 Å². The maximum absolute atomic E-state index is 13.2. The summed E-state index contributed by atoms with van der Waals surface area (Å²) < 4.78 is 11.0. The first-order valence-electron chi connectivity index (χ1n) is 11.1. The molecule has 0 atom stereocenters. The smallest absolute Gasteiger partial charge is 0.257 e. The number of aryl methyl sites for hydroxylation is 2. The molecule has 8 heteroatoms. The second-order valence-corrected chi connectivity index (χ2v) is 8.61. The van der Waals surface area contributed by atoms with Crippen LogP contribution in [-0.2, 0) is 11.3 Å². The minimum Gasteiger partial charge on any atom is -0.467 e. The predicted molar refractivity (Wildman–Crippen MR) is 126 cm³/mol. The summed E-state index contributed by atoms with van der Waals surface area (Å²) in [5.74, 6) is 1.79. The average molecular weight is 470 g/mol. The Labute approximate surface area is 198 Å². The fourth-order valence-corrected chi connectivity index (χ4v) is 4.41. The Balaban J connectivity index is 1.37. The van der Waals surface area contributed by atoms with Crippen LogP contribution in [0, 0.1) is 13.8 Å². The van der Waals surface area contributed by atoms with Gasteiger partial charge in [0, 0.05) is 39.1 Å². The molecule has 0 unspecified atom stereocenters. The number of benzene rings is 1. The van der Waals surface area contributed by atoms with Crippen LogP contribution in [0.3, 0.4) is 0 Å². The van der Waals surface area contributed by atoms with Gasteiger partial charge in [-0.05, 0) is 44.2 Å². The van der Waals surface area contributed by atoms with Crippen LogP contribution >= 0.6 is 11.6 Å². The fourth-order valence-electron chi connectivity index (χ4n) is 4.15. The van der Waals surface area contributed by atoms with Gasteiger partial charge in [-0.3, -0.25) is 9.59 Å². The van der Waals surface area contributed by atoms with Crippen molar-refractivity contribution in [3.8, 4) is 0 Å². The van der Waals surface area contributed by atoms with Crippen LogP contribution in [0.15, 0.2) is 57.6 Å². The van der Waals surface area contributed by atoms with Gasteiger partial charge in [-0.15, -0.1) is 0 Å². The highest BCUT2D eigenvalue weighted by atomic mass is 35.5. The number of anilines is 1. The third-order valence-corrected chi connectivity index (χ3v) is 6.23. The van der Waals surface area contributed by atoms with Crippen LogP contribution < -0.4 is 4.90 Å². The van der Waals surface area contributed by atoms with Crippen molar-refractivity contribution in [1.29, 1.82) is 0 Å². The van der Waals surface area contributed by atoms with Gasteiger partial charge >= 0.3 is 0 Å². The number of rotatable bonds is 7. The van der Waals surface area contributed by atoms with Gasteiger partial charge in [-0.25, -0.2) is 0 Å². The van der Waals surface area contributed by atoms with Crippen molar-refractivity contribution in [2.75, 3.05) is 37.6 Å². The number of furan rings is 2. The van der Waals surface area contributed by atoms with Crippen molar-refractivity contribution in [3.05, 3.63) is 76.6 Å². The van der Waals surface area contributed by atoms with Crippen LogP contribution in [0.5, 0.6) is 0 Å². The molecule has 1 fully saturated rings. The number of piperazine rings is 1. The Bertz CT molecular complexity index is 1100. The lowest BCUT2D eigenvalue weighted by atomic mass is 10.2. The van der Waals surface area contributed by atoms with E-state index >= 15 is 0 Å². The highest BCUT2D eigenvalue weighted by molar-refractivity contribution is 6.33. The molecule has 7 nitrogen and oxygen atoms in total. The molecule has 1 aliphatic heterocycles. The van der Waals surface area contributed by atoms with Gasteiger partial charge in [0.15, 0.2) is 0 Å². The lowest BCUT2D eigenvalue weighted by molar-refractivity contribution is -0.131. The Hall–Kier alpha value is -3.19. The third-order valence-electron chi connectivity index (χ3n) is 5.91. The highest BCUT2D eigenvalue weighted by Crippen LogP contribution is 2.26. The van der Waals surface area contributed by atoms with E-state index in [4.69, 9.17) is 20.4 Å². The molecule has 0 N–H and O–H groups in total. The normalized spacial score (nSPS) is 13.9. The third kappa shape index (κ3) is 5.42. The molecule has 1 aromatic carbocycles. The summed E-state index contributed by atoms with van der Waals surface area (Å²) in [6, 6.07) is 13.1. The summed E-state index contributed by atoms with van der Waals surface area (Å²) >= 11 is 6.32. The van der Waals surface area contributed by atoms with E-state index in [-0.39, 0.29) is 18.2 Å². The van der Waals surface area contributed by atoms with Gasteiger partial charge < -0.3 is 23.5 Å². The van der Waals surface area contributed by atoms with E-state index in [0.717, 1.165) is 18.8 Å². The minimum absolute atomic E-state index is 0.0335. The monoisotopic (exact) mass is 469 g/mol. The maximum Gasteiger partial charge on any atom is 0.257 e. The molecule has 4 rings (SSSR count). The van der Waals surface area contributed by atoms with Crippen molar-refractivity contribution in [3.63, 3.8) is 0 Å². The van der Waals surface area contributed by atoms with E-state index in [1.807, 2.05) is 42.2 Å². The van der Waals surface area contributed by atoms with Crippen molar-refractivity contribution in [2.45, 2.75) is 26.8 Å². The second-order valence-electron chi connectivity index (χ2n) is 8.20. The van der Waals surface area contributed by atoms with E-state index in [1.54, 1.807) is 30.2 Å². The number of carbonyl (C=O) groups excluding carboxylic acids is 2. The fraction of sp³-hybridized carbons (Fsp3) is 0.360. The Morgan fingerprint density at radius 2 is 1.82 bits per heavy atom. The number of hydrogen-bond acceptors (Lipinski definition) is 5. The zero-order chi connectivity index (χ0) is 23.4. The van der Waals surface area contributed by atoms with Crippen molar-refractivity contribution >= 4 is 29.1 Å². The SMILES string of the molecule is Cc1cc(C(=O)N(CCC(=O)N2CCN(c3ccccc3Cl)CC2)Cc2ccco2)c(C)o1. The van der Waals surface area contributed by atoms with Crippen LogP contribution in [0.25, 0.3) is 0 Å². The lowest BCUT2D eigenvalue weighted by Gasteiger charge is -2.36. The molecule has 3 aromatic rings. The molecule has 0 spiro atoms. The standard InChI is InChI=1S/C25H28ClN3O4/c1-18-16-21(19(2)33-18)25(31)29(17-20-6-5-15-32-20)10-9-24(30)28-13-11-27(12-14-28)23-8-4-3-7-22(23)26/h3-8,15-16H,9-14,17H2,1-2H3. The zero-order valence-electron chi connectivity index (χ0n) is 18.9. The molecule has 1 aliphatic rings. The van der Waals surface area contributed by atoms with E-state index < -0.39 is 0 Å². The van der Waals surface area contributed by atoms with Crippen LogP contribution in [-0.4, -0.2) is 54.3 Å². The summed E-state index contributed by atoms with van der Waals surface area (Å²) in [4.78, 5) is 31.9. The van der Waals surface area contributed by atoms with Crippen LogP contribution in [0.2, 0.25) is 5.02 Å². The molecule has 2 amide bonds. The number of hydrogen-bond donors (Lipinski definition) is 0. The van der Waals surface area contributed by atoms with Crippen LogP contribution in [0.1, 0.15) is 34.1 Å². The van der Waals surface area contributed by atoms with Gasteiger partial charge in [0.05, 0.1) is 29.1 Å². The van der Waals surface area contributed by atoms with E-state index in [1.165, 1.54) is 0 Å². The van der Waals surface area contributed by atoms with Gasteiger partial charge in [0.1, 0.15) is 17.3 Å². The molecule has 0 saturated carbocycles. The van der Waals surface area contributed by atoms with E-state index in [9.17, 15) is 9.59 Å². The first-order chi connectivity index (χ1) is 15.9. The number of halogens is 1. The van der Waals surface area contributed by atoms with Crippen LogP contribution in [0.4, 0.5) is 5.69 Å². The number of nitrogens with zero attached hydrogens (tertiary/aromatic N) is 3. The summed E-state index contributed by atoms with van der Waals surface area (Å²) in [5.41, 5.74) is 1.51. The van der Waals surface area contributed by atoms with Gasteiger partial charge in [-0.1, -0.05) is 23.7 Å². The molecule has 2 aromatic heterocycles. The summed E-state index contributed by atoms with van der Waals surface area (Å²) in [7, 11) is 0. The van der Waals surface area contributed by atoms with E-state index in [2.05, 4.69) is 4.90 Å². The molecule has 0 bridgehead atoms. The Kier molecular flexibility index (Phi) is 7.08. The van der Waals surface area contributed by atoms with Crippen molar-refractivity contribution in [1.82, 2.24) is 9.80 Å². The summed E-state index contributed by atoms with van der Waals surface area (Å²) in [5, 5.41) is 0.717. The number of para-hydroxylation sites is 1. The van der Waals surface area contributed by atoms with Gasteiger partial charge in [0.25, 0.3) is 5.91 Å². The summed E-state index contributed by atoms with van der Waals surface area (Å²) in [6.07, 6.45) is 1.82. The first-order valence-corrected chi connectivity index (χ1v) is 11.5. The average Bonchev–Trinajstić information content (AvgIpc) is 3.45. The lowest BCUT2D eigenvalue weighted by Crippen LogP contribution is -2.49. The molecular weight excluding hydrogens is 442 g/mol. The van der Waals surface area contributed by atoms with Gasteiger partial charge in [0.2, 0.25) is 5.91 Å². The number of amides is 2. The van der Waals surface area contributed by atoms with Crippen molar-refractivity contribution < 1.29 is 18.4 Å². The zero-order valence-corrected chi connectivity index (χ0v) is 19.7. The largest absolute Gasteiger partial charge is 0.467 e. The first kappa shape index (κ1) is 23.0. The number of carbonyl (C=O) groups is 2. The molecule has 0 aliphatic carbocycles. The molecule has 1 saturated heterocycles. The highest BCUT2D eigenvalue weighted by Gasteiger charge is 2.25. The molecule has 174 valence electrons. The molecule has 33 heavy (non-hydrogen) atoms. The molecule has 3 heterocycles. The maximum atomic E-state index is 13.2. The second kappa shape index (κ2) is 10.2. The quantitative estimate of drug-likeness (QED) is 0.508. The Morgan fingerprint density at radius 3 is 2.45 bits per heavy atom. The minimum atomic E-state index is -0.169.